The van der Waals surface area contributed by atoms with Crippen LogP contribution < -0.4 is 20.3 Å². The predicted octanol–water partition coefficient (Wildman–Crippen LogP) is 8.76. The van der Waals surface area contributed by atoms with Gasteiger partial charge >= 0.3 is 18.0 Å². The number of aromatic carboxylic acids is 1. The van der Waals surface area contributed by atoms with Crippen molar-refractivity contribution in [3.63, 3.8) is 0 Å². The molecule has 7 aliphatic rings. The molecule has 3 aromatic carbocycles. The number of ether oxygens (including phenoxy) is 6. The number of pyridine rings is 1. The van der Waals surface area contributed by atoms with E-state index < -0.39 is 54.6 Å². The largest absolute Gasteiger partial charge is 0.479 e. The Labute approximate surface area is 616 Å². The lowest BCUT2D eigenvalue weighted by Gasteiger charge is -2.69. The Balaban J connectivity index is 0.576. The fourth-order valence-corrected chi connectivity index (χ4v) is 18.0. The summed E-state index contributed by atoms with van der Waals surface area (Å²) in [5.74, 6) is -3.89. The number of aliphatic hydroxyl groups excluding tert-OH is 3. The molecule has 13 rings (SSSR count). The van der Waals surface area contributed by atoms with Crippen LogP contribution in [0.4, 0.5) is 21.4 Å². The van der Waals surface area contributed by atoms with Crippen LogP contribution >= 0.6 is 11.3 Å². The molecule has 4 aliphatic carbocycles. The maximum Gasteiger partial charge on any atom is 0.409 e. The number of Topliss-reactive ketones (excluding diaryl/α,β-unsaturated/α-hetero) is 1. The molecule has 4 saturated carbocycles. The molecule has 6 heterocycles. The lowest BCUT2D eigenvalue weighted by molar-refractivity contribution is -0.271. The third-order valence-corrected chi connectivity index (χ3v) is 21.9. The number of para-hydroxylation sites is 1. The summed E-state index contributed by atoms with van der Waals surface area (Å²) in [7, 11) is 1.57. The fraction of sp³-hybridized carbons (Fsp3) is 0.494. The Kier molecular flexibility index (Phi) is 23.6. The summed E-state index contributed by atoms with van der Waals surface area (Å²) in [6.45, 7) is 10.3. The molecule has 0 radical (unpaired) electrons. The number of likely N-dealkylation sites (N-methyl/N-ethyl adjacent to an activating group) is 1. The molecule has 7 atom stereocenters. The molecule has 0 spiro atoms. The van der Waals surface area contributed by atoms with Crippen LogP contribution in [0.5, 0.6) is 5.75 Å². The van der Waals surface area contributed by atoms with Crippen molar-refractivity contribution in [3.8, 4) is 16.9 Å². The van der Waals surface area contributed by atoms with Gasteiger partial charge in [0.25, 0.3) is 17.7 Å². The average Bonchev–Trinajstić information content (AvgIpc) is 1.47. The van der Waals surface area contributed by atoms with Crippen molar-refractivity contribution in [2.24, 2.45) is 16.2 Å². The first-order valence-electron chi connectivity index (χ1n) is 36.0. The molecule has 3 aliphatic heterocycles. The molecule has 5 fully saturated rings. The number of unbranched alkanes of at least 4 members (excludes halogenated alkanes) is 2. The van der Waals surface area contributed by atoms with Crippen molar-refractivity contribution in [1.82, 2.24) is 29.5 Å². The van der Waals surface area contributed by atoms with Crippen LogP contribution in [0.1, 0.15) is 141 Å². The summed E-state index contributed by atoms with van der Waals surface area (Å²) in [6, 6.07) is 21.6. The number of fused-ring (bicyclic) bond motifs is 2. The number of amides is 5. The molecule has 5 amide bonds. The number of aromatic nitrogens is 4. The van der Waals surface area contributed by atoms with E-state index in [1.165, 1.54) is 40.5 Å². The van der Waals surface area contributed by atoms with Crippen LogP contribution in [-0.2, 0) is 67.2 Å². The van der Waals surface area contributed by atoms with Crippen molar-refractivity contribution in [1.29, 1.82) is 0 Å². The SMILES string of the molecule is Cc1c(-c2ccc(N3CCc4cccc(C(=O)Nc5nc6ccccc6s5)c4C3)nc2C(=O)O)cnn1CC12CC3(C)CC(C)(C1)CC(OCCOCCOCCN(C)C(=O)OC/C=C/c1ccc(O[C@@H]4O[C@H](C(=O)O)[C@@H](O)[C@H](O)[C@H]4O)c(NC(=O)CCCC(=O)CCCCCN4C(=O)C=CC4=O)c1)(C3)C2. The number of ketones is 1. The van der Waals surface area contributed by atoms with Crippen molar-refractivity contribution >= 4 is 91.7 Å². The zero-order valence-corrected chi connectivity index (χ0v) is 60.7. The number of hydrogen-bond donors (Lipinski definition) is 7. The number of aliphatic carboxylic acids is 1. The summed E-state index contributed by atoms with van der Waals surface area (Å²) in [6.07, 6.45) is 6.01. The Morgan fingerprint density at radius 3 is 2.27 bits per heavy atom. The monoisotopic (exact) mass is 1480 g/mol. The van der Waals surface area contributed by atoms with E-state index >= 15 is 0 Å². The maximum atomic E-state index is 13.8. The molecule has 4 bridgehead atoms. The number of thiazole rings is 1. The maximum absolute atomic E-state index is 13.8. The standard InChI is InChI=1S/C77H91N9O19S/c1-47-53(51-22-24-59(81-63(51)69(95)96)84-29-27-49-14-10-17-52(54(49)39-84)68(94)82-72-80-55-18-7-8-19-58(55)106-72)38-78-86(47)46-76-41-74(2)40-75(3,42-76)44-77(43-74,45-76)103-36-35-101-34-33-100-32-30-83(4)73(99)102-31-12-13-48-21-23-57(104-71-66(93)64(91)65(92)67(105-71)70(97)98)56(37-48)79-60(88)20-11-16-50(87)15-6-5-9-28-85-61(89)25-26-62(85)90/h7-8,10,12-14,17-19,21-26,37-38,64-67,71,91-93H,5-6,9,11,15-16,20,27-36,39-46H2,1-4H3,(H,79,88)(H,95,96)(H,97,98)(H,80,82,94)/b13-12+/t64-,65-,66+,67-,71+,74?,75?,76?,77?/m0/s1. The second-order valence-corrected chi connectivity index (χ2v) is 30.6. The highest BCUT2D eigenvalue weighted by Gasteiger charge is 2.66. The molecule has 2 unspecified atom stereocenters. The van der Waals surface area contributed by atoms with Gasteiger partial charge in [0.1, 0.15) is 42.3 Å². The zero-order chi connectivity index (χ0) is 75.1. The van der Waals surface area contributed by atoms with Gasteiger partial charge in [-0.2, -0.15) is 5.10 Å². The van der Waals surface area contributed by atoms with E-state index in [4.69, 9.17) is 38.5 Å². The van der Waals surface area contributed by atoms with Crippen LogP contribution in [0.15, 0.2) is 97.2 Å². The Bertz CT molecular complexity index is 4290. The lowest BCUT2D eigenvalue weighted by atomic mass is 9.39. The molecule has 6 aromatic rings. The Hall–Kier alpha value is -9.33. The van der Waals surface area contributed by atoms with Gasteiger partial charge in [-0.05, 0) is 153 Å². The van der Waals surface area contributed by atoms with Crippen molar-refractivity contribution in [2.75, 3.05) is 81.9 Å². The summed E-state index contributed by atoms with van der Waals surface area (Å²) < 4.78 is 38.3. The normalized spacial score (nSPS) is 24.4. The van der Waals surface area contributed by atoms with E-state index in [-0.39, 0.29) is 121 Å². The number of nitrogens with zero attached hydrogens (tertiary/aromatic N) is 7. The van der Waals surface area contributed by atoms with E-state index in [9.17, 15) is 63.9 Å². The average molecular weight is 1480 g/mol. The van der Waals surface area contributed by atoms with Gasteiger partial charge in [0, 0.05) is 93.6 Å². The number of imide groups is 1. The smallest absolute Gasteiger partial charge is 0.409 e. The first-order valence-corrected chi connectivity index (χ1v) is 36.8. The van der Waals surface area contributed by atoms with Gasteiger partial charge in [-0.1, -0.05) is 68.0 Å². The molecule has 7 N–H and O–H groups in total. The number of carboxylic acids is 2. The molecule has 3 aromatic heterocycles. The molecule has 1 saturated heterocycles. The Morgan fingerprint density at radius 2 is 1.52 bits per heavy atom. The fourth-order valence-electron chi connectivity index (χ4n) is 17.1. The number of rotatable bonds is 34. The predicted molar refractivity (Wildman–Crippen MR) is 389 cm³/mol. The summed E-state index contributed by atoms with van der Waals surface area (Å²) in [5, 5.41) is 62.8. The van der Waals surface area contributed by atoms with Crippen molar-refractivity contribution < 1.29 is 92.3 Å². The third-order valence-electron chi connectivity index (χ3n) is 20.9. The van der Waals surface area contributed by atoms with Gasteiger partial charge in [0.2, 0.25) is 12.2 Å². The number of anilines is 3. The van der Waals surface area contributed by atoms with Crippen LogP contribution in [0.25, 0.3) is 27.4 Å². The topological polar surface area (TPSA) is 370 Å². The Morgan fingerprint density at radius 1 is 0.774 bits per heavy atom. The van der Waals surface area contributed by atoms with Crippen molar-refractivity contribution in [3.05, 3.63) is 131 Å². The summed E-state index contributed by atoms with van der Waals surface area (Å²) in [4.78, 5) is 115. The minimum Gasteiger partial charge on any atom is -0.479 e. The van der Waals surface area contributed by atoms with Gasteiger partial charge in [0.05, 0.1) is 60.7 Å². The molecule has 564 valence electrons. The first kappa shape index (κ1) is 76.3. The summed E-state index contributed by atoms with van der Waals surface area (Å²) in [5.41, 5.74) is 5.44. The molecule has 29 heteroatoms. The first-order chi connectivity index (χ1) is 50.8. The van der Waals surface area contributed by atoms with Crippen LogP contribution in [-0.4, -0.2) is 205 Å². The van der Waals surface area contributed by atoms with Gasteiger partial charge < -0.3 is 69.1 Å². The number of benzene rings is 3. The highest BCUT2D eigenvalue weighted by molar-refractivity contribution is 7.22. The molecule has 106 heavy (non-hydrogen) atoms. The highest BCUT2D eigenvalue weighted by atomic mass is 32.1. The van der Waals surface area contributed by atoms with E-state index in [1.807, 2.05) is 71.1 Å². The van der Waals surface area contributed by atoms with Gasteiger partial charge in [-0.25, -0.2) is 24.4 Å². The van der Waals surface area contributed by atoms with E-state index in [0.29, 0.717) is 98.3 Å². The summed E-state index contributed by atoms with van der Waals surface area (Å²) >= 11 is 1.42. The lowest BCUT2D eigenvalue weighted by Crippen LogP contribution is -2.64. The number of hydrogen-bond acceptors (Lipinski definition) is 22. The highest BCUT2D eigenvalue weighted by Crippen LogP contribution is 2.72. The van der Waals surface area contributed by atoms with Crippen molar-refractivity contribution in [2.45, 2.75) is 160 Å². The minimum absolute atomic E-state index is 0.0524. The number of nitrogens with one attached hydrogen (secondary N) is 2. The van der Waals surface area contributed by atoms with Crippen LogP contribution in [0.3, 0.4) is 0 Å². The number of carboxylic acid groups (broad SMARTS) is 2. The number of carbonyl (C=O) groups is 8. The van der Waals surface area contributed by atoms with Crippen LogP contribution in [0, 0.1) is 23.2 Å². The zero-order valence-electron chi connectivity index (χ0n) is 59.9. The minimum atomic E-state index is -1.96. The molecular formula is C77H91N9O19S. The molecule has 28 nitrogen and oxygen atoms in total. The second kappa shape index (κ2) is 32.8. The van der Waals surface area contributed by atoms with Gasteiger partial charge in [-0.15, -0.1) is 0 Å². The van der Waals surface area contributed by atoms with Gasteiger partial charge in [-0.3, -0.25) is 38.9 Å². The van der Waals surface area contributed by atoms with E-state index in [2.05, 4.69) is 29.5 Å². The quantitative estimate of drug-likeness (QED) is 0.0146. The number of aliphatic hydroxyl groups is 3. The second-order valence-electron chi connectivity index (χ2n) is 29.6. The van der Waals surface area contributed by atoms with E-state index in [1.54, 1.807) is 31.5 Å². The number of carbonyl (C=O) groups excluding carboxylic acids is 6. The third kappa shape index (κ3) is 17.9. The van der Waals surface area contributed by atoms with Crippen LogP contribution in [0.2, 0.25) is 0 Å². The van der Waals surface area contributed by atoms with E-state index in [0.717, 1.165) is 70.5 Å². The molecular weight excluding hydrogens is 1390 g/mol. The van der Waals surface area contributed by atoms with Gasteiger partial charge in [0.15, 0.2) is 16.9 Å².